The van der Waals surface area contributed by atoms with E-state index in [1.165, 1.54) is 0 Å². The minimum absolute atomic E-state index is 0.285. The largest absolute Gasteiger partial charge is 0.490 e. The van der Waals surface area contributed by atoms with Crippen molar-refractivity contribution in [1.82, 2.24) is 5.32 Å². The molecule has 1 fully saturated rings. The zero-order valence-electron chi connectivity index (χ0n) is 11.3. The van der Waals surface area contributed by atoms with E-state index in [0.29, 0.717) is 19.8 Å². The molecule has 1 saturated carbocycles. The van der Waals surface area contributed by atoms with Gasteiger partial charge in [-0.05, 0) is 36.5 Å². The van der Waals surface area contributed by atoms with Crippen LogP contribution in [-0.4, -0.2) is 30.3 Å². The van der Waals surface area contributed by atoms with Crippen molar-refractivity contribution in [2.45, 2.75) is 31.8 Å². The highest BCUT2D eigenvalue weighted by Crippen LogP contribution is 2.33. The zero-order chi connectivity index (χ0) is 13.9. The van der Waals surface area contributed by atoms with Gasteiger partial charge < -0.3 is 19.9 Å². The summed E-state index contributed by atoms with van der Waals surface area (Å²) in [6.45, 7) is 1.86. The van der Waals surface area contributed by atoms with Crippen LogP contribution in [0.25, 0.3) is 0 Å². The van der Waals surface area contributed by atoms with Gasteiger partial charge in [0.2, 0.25) is 0 Å². The van der Waals surface area contributed by atoms with E-state index in [-0.39, 0.29) is 5.92 Å². The van der Waals surface area contributed by atoms with Gasteiger partial charge in [-0.2, -0.15) is 0 Å². The average molecular weight is 277 g/mol. The van der Waals surface area contributed by atoms with E-state index in [4.69, 9.17) is 9.47 Å². The van der Waals surface area contributed by atoms with Crippen molar-refractivity contribution >= 4 is 5.97 Å². The molecule has 1 unspecified atom stereocenters. The van der Waals surface area contributed by atoms with Gasteiger partial charge in [-0.15, -0.1) is 0 Å². The molecule has 5 nitrogen and oxygen atoms in total. The fraction of sp³-hybridized carbons (Fsp3) is 0.533. The molecular weight excluding hydrogens is 258 g/mol. The van der Waals surface area contributed by atoms with Gasteiger partial charge in [0.05, 0.1) is 13.2 Å². The van der Waals surface area contributed by atoms with Gasteiger partial charge in [-0.1, -0.05) is 6.07 Å². The lowest BCUT2D eigenvalue weighted by Gasteiger charge is -2.14. The summed E-state index contributed by atoms with van der Waals surface area (Å²) in [4.78, 5) is 11.2. The van der Waals surface area contributed by atoms with Crippen molar-refractivity contribution < 1.29 is 19.4 Å². The molecule has 0 bridgehead atoms. The second kappa shape index (κ2) is 5.71. The normalized spacial score (nSPS) is 19.2. The first-order chi connectivity index (χ1) is 9.74. The summed E-state index contributed by atoms with van der Waals surface area (Å²) in [7, 11) is 0. The first-order valence-corrected chi connectivity index (χ1v) is 7.09. The van der Waals surface area contributed by atoms with Crippen LogP contribution in [-0.2, 0) is 11.3 Å². The number of fused-ring (bicyclic) bond motifs is 1. The first-order valence-electron chi connectivity index (χ1n) is 7.09. The molecule has 0 radical (unpaired) electrons. The molecule has 1 aliphatic carbocycles. The number of nitrogens with one attached hydrogen (secondary N) is 1. The molecule has 108 valence electrons. The quantitative estimate of drug-likeness (QED) is 0.859. The van der Waals surface area contributed by atoms with E-state index in [1.807, 2.05) is 18.2 Å². The molecule has 1 heterocycles. The molecule has 5 heteroatoms. The van der Waals surface area contributed by atoms with E-state index in [1.54, 1.807) is 0 Å². The third-order valence-corrected chi connectivity index (χ3v) is 3.70. The summed E-state index contributed by atoms with van der Waals surface area (Å²) in [5.41, 5.74) is 1.01. The topological polar surface area (TPSA) is 67.8 Å². The van der Waals surface area contributed by atoms with Crippen LogP contribution < -0.4 is 14.8 Å². The van der Waals surface area contributed by atoms with Crippen LogP contribution in [0.1, 0.15) is 24.8 Å². The monoisotopic (exact) mass is 277 g/mol. The summed E-state index contributed by atoms with van der Waals surface area (Å²) in [5.74, 6) is 1.04. The minimum atomic E-state index is -0.762. The molecule has 0 amide bonds. The van der Waals surface area contributed by atoms with Gasteiger partial charge in [-0.25, -0.2) is 0 Å². The Hall–Kier alpha value is -1.75. The Morgan fingerprint density at radius 3 is 2.75 bits per heavy atom. The molecule has 2 aliphatic rings. The highest BCUT2D eigenvalue weighted by atomic mass is 16.5. The maximum absolute atomic E-state index is 11.2. The van der Waals surface area contributed by atoms with Gasteiger partial charge in [0.25, 0.3) is 0 Å². The predicted molar refractivity (Wildman–Crippen MR) is 73.0 cm³/mol. The van der Waals surface area contributed by atoms with Gasteiger partial charge in [0, 0.05) is 13.0 Å². The number of ether oxygens (including phenoxy) is 2. The van der Waals surface area contributed by atoms with E-state index >= 15 is 0 Å². The van der Waals surface area contributed by atoms with E-state index in [9.17, 15) is 9.90 Å². The predicted octanol–water partition coefficient (Wildman–Crippen LogP) is 1.80. The lowest BCUT2D eigenvalue weighted by atomic mass is 10.1. The Morgan fingerprint density at radius 2 is 2.05 bits per heavy atom. The van der Waals surface area contributed by atoms with E-state index in [0.717, 1.165) is 36.3 Å². The molecule has 2 N–H and O–H groups in total. The molecule has 20 heavy (non-hydrogen) atoms. The smallest absolute Gasteiger partial charge is 0.320 e. The third-order valence-electron chi connectivity index (χ3n) is 3.70. The van der Waals surface area contributed by atoms with Gasteiger partial charge >= 0.3 is 5.97 Å². The molecule has 1 aromatic rings. The van der Waals surface area contributed by atoms with Crippen molar-refractivity contribution in [2.24, 2.45) is 5.92 Å². The first kappa shape index (κ1) is 13.2. The molecule has 0 spiro atoms. The highest BCUT2D eigenvalue weighted by molar-refractivity contribution is 5.74. The van der Waals surface area contributed by atoms with Crippen LogP contribution in [0, 0.1) is 5.92 Å². The summed E-state index contributed by atoms with van der Waals surface area (Å²) in [6, 6.07) is 5.34. The number of rotatable bonds is 5. The van der Waals surface area contributed by atoms with Crippen molar-refractivity contribution in [3.63, 3.8) is 0 Å². The van der Waals surface area contributed by atoms with Crippen LogP contribution in [0.15, 0.2) is 18.2 Å². The van der Waals surface area contributed by atoms with Crippen LogP contribution in [0.5, 0.6) is 11.5 Å². The van der Waals surface area contributed by atoms with Gasteiger partial charge in [0.1, 0.15) is 6.04 Å². The lowest BCUT2D eigenvalue weighted by molar-refractivity contribution is -0.140. The lowest BCUT2D eigenvalue weighted by Crippen LogP contribution is -2.38. The Kier molecular flexibility index (Phi) is 3.78. The van der Waals surface area contributed by atoms with Crippen molar-refractivity contribution in [3.8, 4) is 11.5 Å². The fourth-order valence-corrected chi connectivity index (χ4v) is 2.43. The minimum Gasteiger partial charge on any atom is -0.490 e. The summed E-state index contributed by atoms with van der Waals surface area (Å²) in [6.07, 6.45) is 2.89. The SMILES string of the molecule is O=C(O)C(NCc1ccc2c(c1)OCCCO2)C1CC1. The Labute approximate surface area is 117 Å². The second-order valence-corrected chi connectivity index (χ2v) is 5.37. The molecular formula is C15H19NO4. The molecule has 0 aromatic heterocycles. The summed E-state index contributed by atoms with van der Waals surface area (Å²) < 4.78 is 11.2. The van der Waals surface area contributed by atoms with Crippen LogP contribution in [0.4, 0.5) is 0 Å². The molecule has 3 rings (SSSR count). The van der Waals surface area contributed by atoms with Crippen LogP contribution in [0.2, 0.25) is 0 Å². The van der Waals surface area contributed by atoms with Crippen LogP contribution >= 0.6 is 0 Å². The van der Waals surface area contributed by atoms with E-state index in [2.05, 4.69) is 5.32 Å². The number of carbonyl (C=O) groups is 1. The fourth-order valence-electron chi connectivity index (χ4n) is 2.43. The number of benzene rings is 1. The van der Waals surface area contributed by atoms with Crippen molar-refractivity contribution in [1.29, 1.82) is 0 Å². The highest BCUT2D eigenvalue weighted by Gasteiger charge is 2.35. The second-order valence-electron chi connectivity index (χ2n) is 5.37. The average Bonchev–Trinajstić information content (AvgIpc) is 3.24. The number of hydrogen-bond donors (Lipinski definition) is 2. The number of carboxylic acids is 1. The van der Waals surface area contributed by atoms with Crippen LogP contribution in [0.3, 0.4) is 0 Å². The number of aliphatic carboxylic acids is 1. The number of hydrogen-bond acceptors (Lipinski definition) is 4. The summed E-state index contributed by atoms with van der Waals surface area (Å²) >= 11 is 0. The van der Waals surface area contributed by atoms with Gasteiger partial charge in [0.15, 0.2) is 11.5 Å². The molecule has 0 saturated heterocycles. The molecule has 1 aliphatic heterocycles. The Morgan fingerprint density at radius 1 is 1.30 bits per heavy atom. The van der Waals surface area contributed by atoms with Gasteiger partial charge in [-0.3, -0.25) is 4.79 Å². The Balaban J connectivity index is 1.65. The number of carboxylic acid groups (broad SMARTS) is 1. The molecule has 1 aromatic carbocycles. The summed E-state index contributed by atoms with van der Waals surface area (Å²) in [5, 5.41) is 12.3. The maximum Gasteiger partial charge on any atom is 0.320 e. The maximum atomic E-state index is 11.2. The standard InChI is InChI=1S/C15H19NO4/c17-15(18)14(11-3-4-11)16-9-10-2-5-12-13(8-10)20-7-1-6-19-12/h2,5,8,11,14,16H,1,3-4,6-7,9H2,(H,17,18). The Bertz CT molecular complexity index is 499. The van der Waals surface area contributed by atoms with Crippen molar-refractivity contribution in [2.75, 3.05) is 13.2 Å². The zero-order valence-corrected chi connectivity index (χ0v) is 11.3. The molecule has 1 atom stereocenters. The van der Waals surface area contributed by atoms with Crippen molar-refractivity contribution in [3.05, 3.63) is 23.8 Å². The third kappa shape index (κ3) is 3.04. The van der Waals surface area contributed by atoms with E-state index < -0.39 is 12.0 Å².